The molecule has 0 amide bonds. The zero-order chi connectivity index (χ0) is 9.90. The lowest BCUT2D eigenvalue weighted by molar-refractivity contribution is 0.551. The standard InChI is InChI=1S/C6H6ClFN2O2S/c7-6-4-9-5(3-10-6)1-2-13(8,11)12/h3-4H,1-2H2. The Kier molecular flexibility index (Phi) is 3.16. The van der Waals surface area contributed by atoms with Crippen LogP contribution in [-0.2, 0) is 16.6 Å². The predicted octanol–water partition coefficient (Wildman–Crippen LogP) is 0.972. The second-order valence-corrected chi connectivity index (χ2v) is 4.20. The highest BCUT2D eigenvalue weighted by Crippen LogP contribution is 2.03. The lowest BCUT2D eigenvalue weighted by atomic mass is 10.4. The van der Waals surface area contributed by atoms with Gasteiger partial charge in [0.15, 0.2) is 0 Å². The second-order valence-electron chi connectivity index (χ2n) is 2.32. The number of aryl methyl sites for hydroxylation is 1. The molecule has 0 aliphatic rings. The van der Waals surface area contributed by atoms with Gasteiger partial charge in [-0.25, -0.2) is 4.98 Å². The van der Waals surface area contributed by atoms with Crippen molar-refractivity contribution in [3.05, 3.63) is 23.2 Å². The molecule has 0 radical (unpaired) electrons. The predicted molar refractivity (Wildman–Crippen MR) is 45.6 cm³/mol. The van der Waals surface area contributed by atoms with Crippen molar-refractivity contribution in [2.45, 2.75) is 6.42 Å². The van der Waals surface area contributed by atoms with Crippen LogP contribution in [0.3, 0.4) is 0 Å². The molecule has 72 valence electrons. The number of rotatable bonds is 3. The molecule has 0 saturated heterocycles. The molecule has 7 heteroatoms. The van der Waals surface area contributed by atoms with Crippen molar-refractivity contribution in [2.75, 3.05) is 5.75 Å². The van der Waals surface area contributed by atoms with Crippen LogP contribution in [0.25, 0.3) is 0 Å². The van der Waals surface area contributed by atoms with E-state index in [1.165, 1.54) is 12.4 Å². The maximum absolute atomic E-state index is 12.1. The number of aromatic nitrogens is 2. The maximum Gasteiger partial charge on any atom is 0.302 e. The first-order chi connectivity index (χ1) is 5.97. The summed E-state index contributed by atoms with van der Waals surface area (Å²) in [4.78, 5) is 7.42. The van der Waals surface area contributed by atoms with E-state index in [4.69, 9.17) is 11.6 Å². The van der Waals surface area contributed by atoms with Crippen LogP contribution in [0, 0.1) is 0 Å². The Labute approximate surface area is 80.0 Å². The highest BCUT2D eigenvalue weighted by molar-refractivity contribution is 7.86. The Morgan fingerprint density at radius 1 is 1.38 bits per heavy atom. The van der Waals surface area contributed by atoms with Gasteiger partial charge in [0.05, 0.1) is 23.8 Å². The largest absolute Gasteiger partial charge is 0.302 e. The van der Waals surface area contributed by atoms with Crippen molar-refractivity contribution >= 4 is 21.8 Å². The number of halogens is 2. The maximum atomic E-state index is 12.1. The monoisotopic (exact) mass is 224 g/mol. The molecule has 0 aliphatic carbocycles. The van der Waals surface area contributed by atoms with Crippen molar-refractivity contribution in [3.63, 3.8) is 0 Å². The molecule has 0 aliphatic heterocycles. The lowest BCUT2D eigenvalue weighted by Crippen LogP contribution is -2.03. The molecule has 0 fully saturated rings. The molecular formula is C6H6ClFN2O2S. The summed E-state index contributed by atoms with van der Waals surface area (Å²) in [6.07, 6.45) is 2.60. The van der Waals surface area contributed by atoms with Crippen LogP contribution in [0.4, 0.5) is 3.89 Å². The molecule has 0 unspecified atom stereocenters. The molecule has 0 atom stereocenters. The quantitative estimate of drug-likeness (QED) is 0.718. The first kappa shape index (κ1) is 10.3. The fourth-order valence-electron chi connectivity index (χ4n) is 0.695. The van der Waals surface area contributed by atoms with Gasteiger partial charge in [-0.05, 0) is 0 Å². The Morgan fingerprint density at radius 2 is 2.08 bits per heavy atom. The van der Waals surface area contributed by atoms with E-state index < -0.39 is 16.0 Å². The summed E-state index contributed by atoms with van der Waals surface area (Å²) in [5, 5.41) is 0.215. The molecule has 0 saturated carbocycles. The topological polar surface area (TPSA) is 59.9 Å². The summed E-state index contributed by atoms with van der Waals surface area (Å²) >= 11 is 5.44. The Balaban J connectivity index is 2.61. The highest BCUT2D eigenvalue weighted by atomic mass is 35.5. The van der Waals surface area contributed by atoms with Crippen molar-refractivity contribution < 1.29 is 12.3 Å². The average Bonchev–Trinajstić information content (AvgIpc) is 2.02. The summed E-state index contributed by atoms with van der Waals surface area (Å²) in [5.41, 5.74) is 0.394. The fraction of sp³-hybridized carbons (Fsp3) is 0.333. The van der Waals surface area contributed by atoms with Gasteiger partial charge in [-0.15, -0.1) is 3.89 Å². The van der Waals surface area contributed by atoms with Gasteiger partial charge in [0.1, 0.15) is 5.15 Å². The average molecular weight is 225 g/mol. The zero-order valence-corrected chi connectivity index (χ0v) is 8.02. The molecule has 0 N–H and O–H groups in total. The van der Waals surface area contributed by atoms with Gasteiger partial charge in [0.2, 0.25) is 0 Å². The van der Waals surface area contributed by atoms with E-state index in [0.29, 0.717) is 5.69 Å². The number of hydrogen-bond acceptors (Lipinski definition) is 4. The molecule has 0 aromatic carbocycles. The van der Waals surface area contributed by atoms with Crippen molar-refractivity contribution in [2.24, 2.45) is 0 Å². The summed E-state index contributed by atoms with van der Waals surface area (Å²) < 4.78 is 32.3. The Morgan fingerprint density at radius 3 is 2.54 bits per heavy atom. The van der Waals surface area contributed by atoms with Crippen LogP contribution in [0.5, 0.6) is 0 Å². The van der Waals surface area contributed by atoms with Gasteiger partial charge in [-0.1, -0.05) is 11.6 Å². The SMILES string of the molecule is O=S(=O)(F)CCc1cnc(Cl)cn1. The number of nitrogens with zero attached hydrogens (tertiary/aromatic N) is 2. The summed E-state index contributed by atoms with van der Waals surface area (Å²) in [7, 11) is -4.43. The Bertz CT molecular complexity index is 378. The van der Waals surface area contributed by atoms with Gasteiger partial charge in [0.25, 0.3) is 0 Å². The minimum Gasteiger partial charge on any atom is -0.256 e. The van der Waals surface area contributed by atoms with E-state index in [1.807, 2.05) is 0 Å². The summed E-state index contributed by atoms with van der Waals surface area (Å²) in [6.45, 7) is 0. The van der Waals surface area contributed by atoms with Crippen molar-refractivity contribution in [1.29, 1.82) is 0 Å². The van der Waals surface area contributed by atoms with Crippen LogP contribution >= 0.6 is 11.6 Å². The van der Waals surface area contributed by atoms with E-state index in [2.05, 4.69) is 9.97 Å². The normalized spacial score (nSPS) is 11.5. The summed E-state index contributed by atoms with van der Waals surface area (Å²) in [6, 6.07) is 0. The molecule has 0 bridgehead atoms. The third-order valence-corrected chi connectivity index (χ3v) is 2.16. The molecule has 0 spiro atoms. The van der Waals surface area contributed by atoms with E-state index >= 15 is 0 Å². The van der Waals surface area contributed by atoms with Gasteiger partial charge < -0.3 is 0 Å². The van der Waals surface area contributed by atoms with E-state index in [1.54, 1.807) is 0 Å². The Hall–Kier alpha value is -0.750. The highest BCUT2D eigenvalue weighted by Gasteiger charge is 2.07. The van der Waals surface area contributed by atoms with Crippen LogP contribution < -0.4 is 0 Å². The molecule has 4 nitrogen and oxygen atoms in total. The first-order valence-corrected chi connectivity index (χ1v) is 5.29. The van der Waals surface area contributed by atoms with E-state index in [-0.39, 0.29) is 11.6 Å². The lowest BCUT2D eigenvalue weighted by Gasteiger charge is -1.96. The van der Waals surface area contributed by atoms with Crippen LogP contribution in [0.1, 0.15) is 5.69 Å². The minimum atomic E-state index is -4.43. The zero-order valence-electron chi connectivity index (χ0n) is 6.44. The van der Waals surface area contributed by atoms with Gasteiger partial charge in [-0.2, -0.15) is 8.42 Å². The first-order valence-electron chi connectivity index (χ1n) is 3.36. The van der Waals surface area contributed by atoms with E-state index in [9.17, 15) is 12.3 Å². The molecule has 1 rings (SSSR count). The third-order valence-electron chi connectivity index (χ3n) is 1.28. The van der Waals surface area contributed by atoms with Crippen LogP contribution in [0.2, 0.25) is 5.15 Å². The third kappa shape index (κ3) is 4.14. The van der Waals surface area contributed by atoms with Crippen molar-refractivity contribution in [1.82, 2.24) is 9.97 Å². The van der Waals surface area contributed by atoms with Crippen LogP contribution in [0.15, 0.2) is 12.4 Å². The molecule has 1 aromatic rings. The number of hydrogen-bond donors (Lipinski definition) is 0. The smallest absolute Gasteiger partial charge is 0.256 e. The van der Waals surface area contributed by atoms with Crippen LogP contribution in [-0.4, -0.2) is 24.1 Å². The van der Waals surface area contributed by atoms with Gasteiger partial charge in [-0.3, -0.25) is 4.98 Å². The molecule has 1 heterocycles. The van der Waals surface area contributed by atoms with Crippen molar-refractivity contribution in [3.8, 4) is 0 Å². The molecule has 1 aromatic heterocycles. The molecule has 13 heavy (non-hydrogen) atoms. The van der Waals surface area contributed by atoms with Gasteiger partial charge in [0, 0.05) is 6.42 Å². The summed E-state index contributed by atoms with van der Waals surface area (Å²) in [5.74, 6) is -0.580. The molecular weight excluding hydrogens is 219 g/mol. The van der Waals surface area contributed by atoms with Gasteiger partial charge >= 0.3 is 10.2 Å². The minimum absolute atomic E-state index is 0.00298. The fourth-order valence-corrected chi connectivity index (χ4v) is 1.25. The second kappa shape index (κ2) is 3.97. The van der Waals surface area contributed by atoms with E-state index in [0.717, 1.165) is 0 Å².